The van der Waals surface area contributed by atoms with E-state index in [0.29, 0.717) is 11.1 Å². The molecule has 0 unspecified atom stereocenters. The van der Waals surface area contributed by atoms with Crippen LogP contribution in [0.5, 0.6) is 0 Å². The number of hydrogen-bond donors (Lipinski definition) is 0. The Kier molecular flexibility index (Phi) is 19.3. The van der Waals surface area contributed by atoms with Crippen molar-refractivity contribution in [3.63, 3.8) is 0 Å². The van der Waals surface area contributed by atoms with Crippen LogP contribution in [0.1, 0.15) is 116 Å². The molecule has 0 rings (SSSR count). The Balaban J connectivity index is 2.98. The molecule has 0 spiro atoms. The number of halogens is 1. The van der Waals surface area contributed by atoms with Crippen LogP contribution in [-0.4, -0.2) is 11.1 Å². The monoisotopic (exact) mass is 374 g/mol. The molecular formula is C20H39BrO. The van der Waals surface area contributed by atoms with Crippen LogP contribution < -0.4 is 0 Å². The number of ketones is 1. The molecule has 132 valence electrons. The lowest BCUT2D eigenvalue weighted by molar-refractivity contribution is -0.116. The van der Waals surface area contributed by atoms with Gasteiger partial charge in [-0.25, -0.2) is 0 Å². The quantitative estimate of drug-likeness (QED) is 0.178. The van der Waals surface area contributed by atoms with Gasteiger partial charge in [0.2, 0.25) is 0 Å². The average Bonchev–Trinajstić information content (AvgIpc) is 2.54. The fraction of sp³-hybridized carbons (Fsp3) is 0.950. The number of Topliss-reactive ketones (excluding diaryl/α,β-unsaturated/α-hetero) is 1. The molecule has 0 fully saturated rings. The molecule has 0 bridgehead atoms. The summed E-state index contributed by atoms with van der Waals surface area (Å²) in [5.74, 6) is 0.352. The fourth-order valence-electron chi connectivity index (χ4n) is 2.94. The summed E-state index contributed by atoms with van der Waals surface area (Å²) in [6, 6.07) is 0. The normalized spacial score (nSPS) is 11.0. The SMILES string of the molecule is CCCCCCCCCCCCCCCCCCC(=O)CBr. The van der Waals surface area contributed by atoms with Gasteiger partial charge in [-0.05, 0) is 6.42 Å². The largest absolute Gasteiger partial charge is 0.299 e. The van der Waals surface area contributed by atoms with Gasteiger partial charge >= 0.3 is 0 Å². The van der Waals surface area contributed by atoms with E-state index in [9.17, 15) is 4.79 Å². The van der Waals surface area contributed by atoms with E-state index in [2.05, 4.69) is 22.9 Å². The minimum atomic E-state index is 0.352. The summed E-state index contributed by atoms with van der Waals surface area (Å²) in [6.07, 6.45) is 22.9. The number of unbranched alkanes of at least 4 members (excludes halogenated alkanes) is 15. The Bertz CT molecular complexity index is 228. The highest BCUT2D eigenvalue weighted by molar-refractivity contribution is 9.09. The first-order chi connectivity index (χ1) is 10.8. The van der Waals surface area contributed by atoms with Gasteiger partial charge in [0.25, 0.3) is 0 Å². The standard InChI is InChI=1S/C20H39BrO/c1-2-3-4-5-6-7-8-9-10-11-12-13-14-15-16-17-18-20(22)19-21/h2-19H2,1H3. The molecule has 0 aliphatic heterocycles. The molecule has 0 radical (unpaired) electrons. The Morgan fingerprint density at radius 3 is 1.23 bits per heavy atom. The van der Waals surface area contributed by atoms with E-state index in [4.69, 9.17) is 0 Å². The minimum absolute atomic E-state index is 0.352. The molecule has 22 heavy (non-hydrogen) atoms. The van der Waals surface area contributed by atoms with Crippen molar-refractivity contribution in [2.45, 2.75) is 116 Å². The van der Waals surface area contributed by atoms with E-state index in [-0.39, 0.29) is 0 Å². The van der Waals surface area contributed by atoms with Crippen LogP contribution in [0.2, 0.25) is 0 Å². The van der Waals surface area contributed by atoms with E-state index >= 15 is 0 Å². The zero-order valence-corrected chi connectivity index (χ0v) is 16.6. The molecule has 2 heteroatoms. The van der Waals surface area contributed by atoms with Crippen molar-refractivity contribution in [1.29, 1.82) is 0 Å². The zero-order chi connectivity index (χ0) is 16.3. The summed E-state index contributed by atoms with van der Waals surface area (Å²) in [4.78, 5) is 11.1. The third kappa shape index (κ3) is 18.2. The summed E-state index contributed by atoms with van der Waals surface area (Å²) in [5.41, 5.74) is 0. The molecule has 0 aromatic rings. The van der Waals surface area contributed by atoms with Crippen molar-refractivity contribution in [2.75, 3.05) is 5.33 Å². The summed E-state index contributed by atoms with van der Waals surface area (Å²) in [7, 11) is 0. The van der Waals surface area contributed by atoms with Gasteiger partial charge in [-0.2, -0.15) is 0 Å². The smallest absolute Gasteiger partial charge is 0.143 e. The maximum absolute atomic E-state index is 11.1. The molecule has 0 aliphatic carbocycles. The second-order valence-electron chi connectivity index (χ2n) is 6.73. The third-order valence-corrected chi connectivity index (χ3v) is 5.08. The van der Waals surface area contributed by atoms with Crippen molar-refractivity contribution >= 4 is 21.7 Å². The third-order valence-electron chi connectivity index (χ3n) is 4.46. The van der Waals surface area contributed by atoms with Gasteiger partial charge in [0.1, 0.15) is 5.78 Å². The fourth-order valence-corrected chi connectivity index (χ4v) is 3.22. The van der Waals surface area contributed by atoms with Crippen LogP contribution in [0.3, 0.4) is 0 Å². The molecule has 0 atom stereocenters. The lowest BCUT2D eigenvalue weighted by Gasteiger charge is -2.03. The summed E-state index contributed by atoms with van der Waals surface area (Å²) in [6.45, 7) is 2.28. The summed E-state index contributed by atoms with van der Waals surface area (Å²) in [5, 5.41) is 0.533. The minimum Gasteiger partial charge on any atom is -0.299 e. The summed E-state index contributed by atoms with van der Waals surface area (Å²) < 4.78 is 0. The predicted octanol–water partition coefficient (Wildman–Crippen LogP) is 7.60. The van der Waals surface area contributed by atoms with Gasteiger partial charge in [0.05, 0.1) is 5.33 Å². The average molecular weight is 375 g/mol. The molecule has 0 saturated carbocycles. The first-order valence-electron chi connectivity index (χ1n) is 9.89. The molecule has 0 aromatic carbocycles. The molecule has 0 amide bonds. The number of hydrogen-bond acceptors (Lipinski definition) is 1. The Labute approximate surface area is 148 Å². The van der Waals surface area contributed by atoms with Crippen LogP contribution in [0, 0.1) is 0 Å². The van der Waals surface area contributed by atoms with E-state index in [1.165, 1.54) is 96.3 Å². The summed E-state index contributed by atoms with van der Waals surface area (Å²) >= 11 is 3.21. The molecular weight excluding hydrogens is 336 g/mol. The maximum atomic E-state index is 11.1. The van der Waals surface area contributed by atoms with Gasteiger partial charge in [0, 0.05) is 6.42 Å². The van der Waals surface area contributed by atoms with Crippen LogP contribution >= 0.6 is 15.9 Å². The Morgan fingerprint density at radius 2 is 0.909 bits per heavy atom. The predicted molar refractivity (Wildman–Crippen MR) is 103 cm³/mol. The highest BCUT2D eigenvalue weighted by atomic mass is 79.9. The van der Waals surface area contributed by atoms with Crippen LogP contribution in [0.15, 0.2) is 0 Å². The molecule has 0 aliphatic rings. The van der Waals surface area contributed by atoms with Crippen molar-refractivity contribution < 1.29 is 4.79 Å². The van der Waals surface area contributed by atoms with Crippen LogP contribution in [0.4, 0.5) is 0 Å². The highest BCUT2D eigenvalue weighted by Gasteiger charge is 1.98. The van der Waals surface area contributed by atoms with Crippen LogP contribution in [0.25, 0.3) is 0 Å². The van der Waals surface area contributed by atoms with Gasteiger partial charge in [-0.15, -0.1) is 0 Å². The lowest BCUT2D eigenvalue weighted by Crippen LogP contribution is -1.97. The molecule has 0 saturated heterocycles. The topological polar surface area (TPSA) is 17.1 Å². The Morgan fingerprint density at radius 1 is 0.591 bits per heavy atom. The van der Waals surface area contributed by atoms with Gasteiger partial charge in [-0.3, -0.25) is 4.79 Å². The molecule has 0 aromatic heterocycles. The highest BCUT2D eigenvalue weighted by Crippen LogP contribution is 2.14. The van der Waals surface area contributed by atoms with Gasteiger partial charge in [-0.1, -0.05) is 119 Å². The van der Waals surface area contributed by atoms with Crippen molar-refractivity contribution in [3.05, 3.63) is 0 Å². The molecule has 0 heterocycles. The molecule has 0 N–H and O–H groups in total. The van der Waals surface area contributed by atoms with Crippen molar-refractivity contribution in [2.24, 2.45) is 0 Å². The van der Waals surface area contributed by atoms with Crippen molar-refractivity contribution in [3.8, 4) is 0 Å². The van der Waals surface area contributed by atoms with Crippen LogP contribution in [-0.2, 0) is 4.79 Å². The Hall–Kier alpha value is 0.150. The zero-order valence-electron chi connectivity index (χ0n) is 15.0. The van der Waals surface area contributed by atoms with Gasteiger partial charge in [0.15, 0.2) is 0 Å². The second kappa shape index (κ2) is 19.2. The van der Waals surface area contributed by atoms with E-state index < -0.39 is 0 Å². The maximum Gasteiger partial charge on any atom is 0.143 e. The first kappa shape index (κ1) is 22.1. The number of alkyl halides is 1. The number of carbonyl (C=O) groups is 1. The first-order valence-corrected chi connectivity index (χ1v) is 11.0. The number of carbonyl (C=O) groups excluding carboxylic acids is 1. The van der Waals surface area contributed by atoms with E-state index in [0.717, 1.165) is 12.8 Å². The van der Waals surface area contributed by atoms with Crippen molar-refractivity contribution in [1.82, 2.24) is 0 Å². The lowest BCUT2D eigenvalue weighted by atomic mass is 10.0. The number of rotatable bonds is 18. The second-order valence-corrected chi connectivity index (χ2v) is 7.29. The van der Waals surface area contributed by atoms with E-state index in [1.54, 1.807) is 0 Å². The van der Waals surface area contributed by atoms with E-state index in [1.807, 2.05) is 0 Å². The van der Waals surface area contributed by atoms with Gasteiger partial charge < -0.3 is 0 Å². The molecule has 1 nitrogen and oxygen atoms in total.